The highest BCUT2D eigenvalue weighted by Crippen LogP contribution is 2.47. The van der Waals surface area contributed by atoms with Gasteiger partial charge in [0, 0.05) is 12.8 Å². The number of ether oxygens (including phenoxy) is 2. The molecule has 13 nitrogen and oxygen atoms in total. The van der Waals surface area contributed by atoms with Gasteiger partial charge in [0.05, 0.1) is 6.61 Å². The SMILES string of the molecule is CCCCCC/C=C\CCCCCCCC(=O)O[C@H](COC(=O)CCCCCCCCCCCCCCC)COP(=O)(O)OC1C(O)C(O)C(O)[C@@H](O)C1O. The van der Waals surface area contributed by atoms with Crippen LogP contribution in [0.1, 0.15) is 181 Å². The molecule has 0 aliphatic heterocycles. The van der Waals surface area contributed by atoms with Crippen molar-refractivity contribution in [2.75, 3.05) is 13.2 Å². The van der Waals surface area contributed by atoms with Crippen molar-refractivity contribution in [1.29, 1.82) is 0 Å². The number of rotatable bonds is 35. The van der Waals surface area contributed by atoms with Crippen LogP contribution in [0.25, 0.3) is 0 Å². The Labute approximate surface area is 331 Å². The number of esters is 2. The highest BCUT2D eigenvalue weighted by atomic mass is 31.2. The molecule has 1 fully saturated rings. The minimum Gasteiger partial charge on any atom is -0.462 e. The Kier molecular flexibility index (Phi) is 30.5. The Morgan fingerprint density at radius 2 is 0.927 bits per heavy atom. The minimum atomic E-state index is -5.11. The maximum atomic E-state index is 12.8. The molecule has 0 aromatic rings. The van der Waals surface area contributed by atoms with Crippen LogP contribution in [0, 0.1) is 0 Å². The zero-order valence-corrected chi connectivity index (χ0v) is 34.9. The maximum Gasteiger partial charge on any atom is 0.472 e. The number of hydrogen-bond donors (Lipinski definition) is 6. The van der Waals surface area contributed by atoms with Gasteiger partial charge in [-0.15, -0.1) is 0 Å². The fourth-order valence-corrected chi connectivity index (χ4v) is 7.55. The van der Waals surface area contributed by atoms with E-state index in [-0.39, 0.29) is 12.8 Å². The van der Waals surface area contributed by atoms with E-state index in [1.54, 1.807) is 0 Å². The third-order valence-corrected chi connectivity index (χ3v) is 11.1. The van der Waals surface area contributed by atoms with E-state index in [1.165, 1.54) is 83.5 Å². The molecule has 0 radical (unpaired) electrons. The number of hydrogen-bond acceptors (Lipinski definition) is 12. The molecule has 8 atom stereocenters. The zero-order valence-electron chi connectivity index (χ0n) is 34.0. The lowest BCUT2D eigenvalue weighted by molar-refractivity contribution is -0.220. The smallest absolute Gasteiger partial charge is 0.462 e. The Morgan fingerprint density at radius 1 is 0.545 bits per heavy atom. The van der Waals surface area contributed by atoms with Crippen LogP contribution in [0.5, 0.6) is 0 Å². The summed E-state index contributed by atoms with van der Waals surface area (Å²) in [4.78, 5) is 35.5. The Balaban J connectivity index is 2.50. The first kappa shape index (κ1) is 51.6. The Hall–Kier alpha value is -1.41. The van der Waals surface area contributed by atoms with Crippen LogP contribution in [0.3, 0.4) is 0 Å². The summed E-state index contributed by atoms with van der Waals surface area (Å²) in [5.74, 6) is -1.10. The van der Waals surface area contributed by atoms with Crippen LogP contribution in [-0.4, -0.2) is 98.3 Å². The molecular weight excluding hydrogens is 731 g/mol. The number of carbonyl (C=O) groups is 2. The summed E-state index contributed by atoms with van der Waals surface area (Å²) in [7, 11) is -5.11. The minimum absolute atomic E-state index is 0.0902. The van der Waals surface area contributed by atoms with Gasteiger partial charge < -0.3 is 39.9 Å². The largest absolute Gasteiger partial charge is 0.472 e. The molecule has 14 heteroatoms. The molecule has 0 amide bonds. The second-order valence-corrected chi connectivity index (χ2v) is 16.6. The molecule has 0 aromatic carbocycles. The van der Waals surface area contributed by atoms with Gasteiger partial charge in [-0.3, -0.25) is 18.6 Å². The molecule has 1 aliphatic carbocycles. The summed E-state index contributed by atoms with van der Waals surface area (Å²) < 4.78 is 33.4. The first-order valence-electron chi connectivity index (χ1n) is 21.5. The summed E-state index contributed by atoms with van der Waals surface area (Å²) in [5.41, 5.74) is 0. The van der Waals surface area contributed by atoms with Crippen molar-refractivity contribution >= 4 is 19.8 Å². The molecule has 1 aliphatic rings. The van der Waals surface area contributed by atoms with Crippen LogP contribution in [0.2, 0.25) is 0 Å². The Bertz CT molecular complexity index is 1030. The molecule has 1 saturated carbocycles. The summed E-state index contributed by atoms with van der Waals surface area (Å²) >= 11 is 0. The van der Waals surface area contributed by atoms with E-state index in [0.29, 0.717) is 12.8 Å². The predicted octanol–water partition coefficient (Wildman–Crippen LogP) is 7.50. The lowest BCUT2D eigenvalue weighted by atomic mass is 9.85. The quantitative estimate of drug-likeness (QED) is 0.0159. The first-order chi connectivity index (χ1) is 26.4. The predicted molar refractivity (Wildman–Crippen MR) is 212 cm³/mol. The summed E-state index contributed by atoms with van der Waals surface area (Å²) in [6, 6.07) is 0. The number of carbonyl (C=O) groups excluding carboxylic acids is 2. The van der Waals surface area contributed by atoms with E-state index in [2.05, 4.69) is 26.0 Å². The molecule has 0 bridgehead atoms. The molecule has 324 valence electrons. The number of aliphatic hydroxyl groups excluding tert-OH is 5. The van der Waals surface area contributed by atoms with Crippen molar-refractivity contribution in [3.05, 3.63) is 12.2 Å². The monoisotopic (exact) mass is 809 g/mol. The van der Waals surface area contributed by atoms with Gasteiger partial charge >= 0.3 is 19.8 Å². The maximum absolute atomic E-state index is 12.8. The van der Waals surface area contributed by atoms with Crippen LogP contribution in [0.15, 0.2) is 12.2 Å². The third kappa shape index (κ3) is 25.5. The topological polar surface area (TPSA) is 210 Å². The zero-order chi connectivity index (χ0) is 40.7. The lowest BCUT2D eigenvalue weighted by Crippen LogP contribution is -2.64. The van der Waals surface area contributed by atoms with E-state index < -0.39 is 75.7 Å². The van der Waals surface area contributed by atoms with E-state index in [9.17, 15) is 44.6 Å². The van der Waals surface area contributed by atoms with Gasteiger partial charge in [-0.2, -0.15) is 0 Å². The number of allylic oxidation sites excluding steroid dienone is 2. The summed E-state index contributed by atoms with van der Waals surface area (Å²) in [6.45, 7) is 3.26. The normalized spacial score (nSPS) is 23.1. The number of unbranched alkanes of at least 4 members (excludes halogenated alkanes) is 21. The molecule has 55 heavy (non-hydrogen) atoms. The van der Waals surface area contributed by atoms with Crippen LogP contribution >= 0.6 is 7.82 Å². The van der Waals surface area contributed by atoms with Crippen molar-refractivity contribution in [2.24, 2.45) is 0 Å². The number of phosphoric ester groups is 1. The second-order valence-electron chi connectivity index (χ2n) is 15.2. The summed E-state index contributed by atoms with van der Waals surface area (Å²) in [5, 5.41) is 50.0. The van der Waals surface area contributed by atoms with Crippen LogP contribution in [0.4, 0.5) is 0 Å². The average molecular weight is 809 g/mol. The third-order valence-electron chi connectivity index (χ3n) is 10.1. The van der Waals surface area contributed by atoms with E-state index in [4.69, 9.17) is 18.5 Å². The number of phosphoric acid groups is 1. The molecule has 6 N–H and O–H groups in total. The van der Waals surface area contributed by atoms with Gasteiger partial charge in [0.15, 0.2) is 6.10 Å². The molecule has 0 aromatic heterocycles. The molecular formula is C41H77O13P. The van der Waals surface area contributed by atoms with Crippen molar-refractivity contribution in [3.8, 4) is 0 Å². The standard InChI is InChI=1S/C41H77O13P/c1-3-5-7-9-11-13-15-17-19-21-23-25-27-29-34(42)51-31-33(32-52-55(49,50)54-41-39(47)37(45)36(44)38(46)40(41)48)53-35(43)30-28-26-24-22-20-18-16-14-12-10-8-6-4-2/h14,16,33,36-41,44-48H,3-13,15,17-32H2,1-2H3,(H,49,50)/b16-14-/t33-,36?,37-,38?,39?,40?,41?/m1/s1. The summed E-state index contributed by atoms with van der Waals surface area (Å²) in [6.07, 6.45) is 18.5. The van der Waals surface area contributed by atoms with E-state index >= 15 is 0 Å². The average Bonchev–Trinajstić information content (AvgIpc) is 3.16. The van der Waals surface area contributed by atoms with Crippen molar-refractivity contribution in [3.63, 3.8) is 0 Å². The van der Waals surface area contributed by atoms with Gasteiger partial charge in [0.1, 0.15) is 43.2 Å². The fraction of sp³-hybridized carbons (Fsp3) is 0.902. The lowest BCUT2D eigenvalue weighted by Gasteiger charge is -2.41. The highest BCUT2D eigenvalue weighted by molar-refractivity contribution is 7.47. The molecule has 0 saturated heterocycles. The fourth-order valence-electron chi connectivity index (χ4n) is 6.58. The van der Waals surface area contributed by atoms with Gasteiger partial charge in [-0.05, 0) is 38.5 Å². The van der Waals surface area contributed by atoms with E-state index in [1.807, 2.05) is 0 Å². The van der Waals surface area contributed by atoms with Crippen molar-refractivity contribution < 1.29 is 63.1 Å². The van der Waals surface area contributed by atoms with Crippen LogP contribution < -0.4 is 0 Å². The van der Waals surface area contributed by atoms with Gasteiger partial charge in [0.2, 0.25) is 0 Å². The van der Waals surface area contributed by atoms with Crippen LogP contribution in [-0.2, 0) is 32.7 Å². The highest BCUT2D eigenvalue weighted by Gasteiger charge is 2.51. The van der Waals surface area contributed by atoms with E-state index in [0.717, 1.165) is 57.8 Å². The van der Waals surface area contributed by atoms with Gasteiger partial charge in [-0.1, -0.05) is 142 Å². The first-order valence-corrected chi connectivity index (χ1v) is 23.0. The van der Waals surface area contributed by atoms with Gasteiger partial charge in [-0.25, -0.2) is 4.57 Å². The van der Waals surface area contributed by atoms with Gasteiger partial charge in [0.25, 0.3) is 0 Å². The molecule has 6 unspecified atom stereocenters. The number of aliphatic hydroxyl groups is 5. The molecule has 0 spiro atoms. The van der Waals surface area contributed by atoms with Crippen molar-refractivity contribution in [2.45, 2.75) is 224 Å². The second kappa shape index (κ2) is 32.5. The molecule has 0 heterocycles. The van der Waals surface area contributed by atoms with Crippen molar-refractivity contribution in [1.82, 2.24) is 0 Å². The Morgan fingerprint density at radius 3 is 1.40 bits per heavy atom. The molecule has 1 rings (SSSR count).